The van der Waals surface area contributed by atoms with Crippen molar-refractivity contribution >= 4 is 50.6 Å². The second-order valence-electron chi connectivity index (χ2n) is 3.86. The van der Waals surface area contributed by atoms with Crippen LogP contribution >= 0.6 is 27.5 Å². The van der Waals surface area contributed by atoms with Gasteiger partial charge < -0.3 is 16.2 Å². The number of hydrogen-bond donors (Lipinski definition) is 3. The quantitative estimate of drug-likeness (QED) is 0.734. The summed E-state index contributed by atoms with van der Waals surface area (Å²) in [6.07, 6.45) is 0. The molecule has 0 aliphatic heterocycles. The fourth-order valence-corrected chi connectivity index (χ4v) is 2.00. The molecule has 0 amide bonds. The first-order chi connectivity index (χ1) is 8.97. The second-order valence-corrected chi connectivity index (χ2v) is 5.13. The molecule has 6 heteroatoms. The zero-order valence-electron chi connectivity index (χ0n) is 9.65. The largest absolute Gasteiger partial charge is 0.478 e. The van der Waals surface area contributed by atoms with Crippen molar-refractivity contribution in [3.63, 3.8) is 0 Å². The molecule has 4 N–H and O–H groups in total. The molecule has 0 aromatic heterocycles. The molecule has 19 heavy (non-hydrogen) atoms. The van der Waals surface area contributed by atoms with Crippen LogP contribution in [0.15, 0.2) is 40.9 Å². The van der Waals surface area contributed by atoms with Crippen molar-refractivity contribution in [2.45, 2.75) is 0 Å². The summed E-state index contributed by atoms with van der Waals surface area (Å²) >= 11 is 9.28. The van der Waals surface area contributed by atoms with Crippen molar-refractivity contribution in [2.75, 3.05) is 11.1 Å². The third kappa shape index (κ3) is 3.19. The summed E-state index contributed by atoms with van der Waals surface area (Å²) in [4.78, 5) is 11.2. The number of anilines is 3. The minimum atomic E-state index is -1.04. The van der Waals surface area contributed by atoms with Gasteiger partial charge in [0.25, 0.3) is 0 Å². The van der Waals surface area contributed by atoms with Gasteiger partial charge in [0.1, 0.15) is 0 Å². The Labute approximate surface area is 123 Å². The summed E-state index contributed by atoms with van der Waals surface area (Å²) in [5, 5.41) is 12.7. The molecule has 2 aromatic rings. The van der Waals surface area contributed by atoms with E-state index < -0.39 is 5.97 Å². The van der Waals surface area contributed by atoms with E-state index in [2.05, 4.69) is 21.2 Å². The highest BCUT2D eigenvalue weighted by Gasteiger charge is 2.11. The van der Waals surface area contributed by atoms with E-state index in [9.17, 15) is 4.79 Å². The summed E-state index contributed by atoms with van der Waals surface area (Å²) in [5.74, 6) is -1.04. The topological polar surface area (TPSA) is 75.3 Å². The number of aromatic carboxylic acids is 1. The van der Waals surface area contributed by atoms with E-state index in [4.69, 9.17) is 22.4 Å². The predicted molar refractivity (Wildman–Crippen MR) is 80.2 cm³/mol. The molecule has 0 unspecified atom stereocenters. The first kappa shape index (κ1) is 13.7. The van der Waals surface area contributed by atoms with Crippen LogP contribution in [0.4, 0.5) is 17.1 Å². The molecular formula is C13H10BrClN2O2. The molecule has 0 bridgehead atoms. The lowest BCUT2D eigenvalue weighted by Crippen LogP contribution is -2.03. The summed E-state index contributed by atoms with van der Waals surface area (Å²) in [7, 11) is 0. The lowest BCUT2D eigenvalue weighted by Gasteiger charge is -2.11. The lowest BCUT2D eigenvalue weighted by molar-refractivity contribution is 0.0698. The maximum absolute atomic E-state index is 11.2. The van der Waals surface area contributed by atoms with Gasteiger partial charge in [-0.3, -0.25) is 0 Å². The van der Waals surface area contributed by atoms with Gasteiger partial charge in [-0.05, 0) is 52.3 Å². The molecule has 2 rings (SSSR count). The molecule has 0 heterocycles. The monoisotopic (exact) mass is 340 g/mol. The van der Waals surface area contributed by atoms with E-state index in [1.165, 1.54) is 6.07 Å². The molecule has 0 radical (unpaired) electrons. The van der Waals surface area contributed by atoms with Crippen LogP contribution in [0.3, 0.4) is 0 Å². The second kappa shape index (κ2) is 5.50. The van der Waals surface area contributed by atoms with Crippen molar-refractivity contribution < 1.29 is 9.90 Å². The minimum Gasteiger partial charge on any atom is -0.478 e. The Balaban J connectivity index is 2.37. The lowest BCUT2D eigenvalue weighted by atomic mass is 10.1. The van der Waals surface area contributed by atoms with Crippen molar-refractivity contribution in [1.29, 1.82) is 0 Å². The number of hydrogen-bond acceptors (Lipinski definition) is 3. The van der Waals surface area contributed by atoms with Crippen LogP contribution in [0, 0.1) is 0 Å². The van der Waals surface area contributed by atoms with Crippen LogP contribution < -0.4 is 11.1 Å². The van der Waals surface area contributed by atoms with Gasteiger partial charge in [-0.1, -0.05) is 11.6 Å². The van der Waals surface area contributed by atoms with E-state index in [1.54, 1.807) is 30.3 Å². The van der Waals surface area contributed by atoms with E-state index in [-0.39, 0.29) is 5.56 Å². The number of benzene rings is 2. The Morgan fingerprint density at radius 1 is 1.26 bits per heavy atom. The van der Waals surface area contributed by atoms with Gasteiger partial charge in [0.05, 0.1) is 16.3 Å². The molecule has 4 nitrogen and oxygen atoms in total. The number of carboxylic acid groups (broad SMARTS) is 1. The summed E-state index contributed by atoms with van der Waals surface area (Å²) in [6, 6.07) is 9.93. The molecule has 0 spiro atoms. The minimum absolute atomic E-state index is 0.110. The average Bonchev–Trinajstić information content (AvgIpc) is 2.36. The Bertz CT molecular complexity index is 647. The van der Waals surface area contributed by atoms with Crippen LogP contribution in [-0.2, 0) is 0 Å². The molecular weight excluding hydrogens is 332 g/mol. The van der Waals surface area contributed by atoms with Crippen molar-refractivity contribution in [2.24, 2.45) is 0 Å². The smallest absolute Gasteiger partial charge is 0.337 e. The Morgan fingerprint density at radius 2 is 2.00 bits per heavy atom. The molecule has 0 aliphatic carbocycles. The molecule has 2 aromatic carbocycles. The van der Waals surface area contributed by atoms with Crippen molar-refractivity contribution in [3.05, 3.63) is 51.5 Å². The van der Waals surface area contributed by atoms with Crippen LogP contribution in [-0.4, -0.2) is 11.1 Å². The maximum atomic E-state index is 11.2. The van der Waals surface area contributed by atoms with Gasteiger partial charge in [-0.25, -0.2) is 4.79 Å². The number of carbonyl (C=O) groups is 1. The van der Waals surface area contributed by atoms with Crippen LogP contribution in [0.1, 0.15) is 10.4 Å². The van der Waals surface area contributed by atoms with Gasteiger partial charge in [0.15, 0.2) is 0 Å². The summed E-state index contributed by atoms with van der Waals surface area (Å²) in [5.41, 5.74) is 7.25. The van der Waals surface area contributed by atoms with Gasteiger partial charge in [0.2, 0.25) is 0 Å². The molecule has 0 aliphatic rings. The number of carboxylic acids is 1. The Morgan fingerprint density at radius 3 is 2.63 bits per heavy atom. The van der Waals surface area contributed by atoms with E-state index in [0.29, 0.717) is 22.1 Å². The highest BCUT2D eigenvalue weighted by atomic mass is 79.9. The maximum Gasteiger partial charge on any atom is 0.337 e. The third-order valence-corrected chi connectivity index (χ3v) is 3.71. The first-order valence-electron chi connectivity index (χ1n) is 5.32. The van der Waals surface area contributed by atoms with E-state index >= 15 is 0 Å². The van der Waals surface area contributed by atoms with Crippen LogP contribution in [0.2, 0.25) is 5.02 Å². The molecule has 0 saturated carbocycles. The number of rotatable bonds is 3. The van der Waals surface area contributed by atoms with Crippen molar-refractivity contribution in [3.8, 4) is 0 Å². The normalized spacial score (nSPS) is 10.2. The molecule has 0 atom stereocenters. The predicted octanol–water partition coefficient (Wildman–Crippen LogP) is 4.13. The van der Waals surface area contributed by atoms with Gasteiger partial charge in [0, 0.05) is 15.8 Å². The number of halogens is 2. The molecule has 0 fully saturated rings. The van der Waals surface area contributed by atoms with Crippen LogP contribution in [0.25, 0.3) is 0 Å². The Hall–Kier alpha value is -1.72. The highest BCUT2D eigenvalue weighted by Crippen LogP contribution is 2.29. The zero-order valence-corrected chi connectivity index (χ0v) is 12.0. The van der Waals surface area contributed by atoms with E-state index in [1.807, 2.05) is 0 Å². The average molecular weight is 342 g/mol. The molecule has 0 saturated heterocycles. The van der Waals surface area contributed by atoms with Gasteiger partial charge >= 0.3 is 5.97 Å². The number of nitrogens with one attached hydrogen (secondary N) is 1. The SMILES string of the molecule is Nc1ccc(Nc2ccc(Br)c(Cl)c2)c(C(=O)O)c1. The fraction of sp³-hybridized carbons (Fsp3) is 0. The zero-order chi connectivity index (χ0) is 14.0. The van der Waals surface area contributed by atoms with Crippen LogP contribution in [0.5, 0.6) is 0 Å². The number of nitrogen functional groups attached to an aromatic ring is 1. The van der Waals surface area contributed by atoms with Gasteiger partial charge in [-0.15, -0.1) is 0 Å². The standard InChI is InChI=1S/C13H10BrClN2O2/c14-10-3-2-8(6-11(10)15)17-12-4-1-7(16)5-9(12)13(18)19/h1-6,17H,16H2,(H,18,19). The Kier molecular flexibility index (Phi) is 3.97. The van der Waals surface area contributed by atoms with Gasteiger partial charge in [-0.2, -0.15) is 0 Å². The fourth-order valence-electron chi connectivity index (χ4n) is 1.58. The number of nitrogens with two attached hydrogens (primary N) is 1. The summed E-state index contributed by atoms with van der Waals surface area (Å²) < 4.78 is 0.774. The molecule has 98 valence electrons. The first-order valence-corrected chi connectivity index (χ1v) is 6.49. The highest BCUT2D eigenvalue weighted by molar-refractivity contribution is 9.10. The van der Waals surface area contributed by atoms with E-state index in [0.717, 1.165) is 4.47 Å². The summed E-state index contributed by atoms with van der Waals surface area (Å²) in [6.45, 7) is 0. The van der Waals surface area contributed by atoms with Crippen molar-refractivity contribution in [1.82, 2.24) is 0 Å². The third-order valence-electron chi connectivity index (χ3n) is 2.47.